The van der Waals surface area contributed by atoms with E-state index in [2.05, 4.69) is 268 Å². The predicted octanol–water partition coefficient (Wildman–Crippen LogP) is 18.6. The highest BCUT2D eigenvalue weighted by molar-refractivity contribution is 6.10. The molecule has 0 aliphatic heterocycles. The number of aromatic nitrogens is 1. The van der Waals surface area contributed by atoms with Crippen LogP contribution in [0, 0.1) is 0 Å². The number of benzene rings is 10. The summed E-state index contributed by atoms with van der Waals surface area (Å²) in [5.74, 6) is 0. The topological polar surface area (TPSA) is 4.93 Å². The van der Waals surface area contributed by atoms with Gasteiger partial charge in [-0.25, -0.2) is 0 Å². The van der Waals surface area contributed by atoms with Crippen LogP contribution in [0.1, 0.15) is 77.3 Å². The Labute approximate surface area is 422 Å². The van der Waals surface area contributed by atoms with Crippen LogP contribution in [-0.2, 0) is 17.3 Å². The lowest BCUT2D eigenvalue weighted by Gasteiger charge is -2.29. The largest absolute Gasteiger partial charge is 0.309 e. The van der Waals surface area contributed by atoms with Gasteiger partial charge in [-0.3, -0.25) is 0 Å². The van der Waals surface area contributed by atoms with Crippen molar-refractivity contribution in [1.82, 2.24) is 4.57 Å². The number of fused-ring (bicyclic) bond motifs is 13. The summed E-state index contributed by atoms with van der Waals surface area (Å²) < 4.78 is 2.45. The smallest absolute Gasteiger partial charge is 0.0541 e. The Morgan fingerprint density at radius 3 is 1.51 bits per heavy atom. The SMILES string of the molecule is CC=Cc1ccc(-c2ccc3c(c2)C2(CCc4ccccc42)c2cc(-c4ccc(C=Cc5ccc(-c6ccc7c(c6)c6ccccc6n7-c6ccc7c(c6)C(C)(C)c6ccccc6-7)cc5)cc4)ccc2-3)cc1. The Balaban J connectivity index is 0.728. The molecule has 0 saturated carbocycles. The zero-order valence-corrected chi connectivity index (χ0v) is 41.0. The molecular formula is C71H53N. The van der Waals surface area contributed by atoms with Gasteiger partial charge >= 0.3 is 0 Å². The molecule has 11 aromatic rings. The van der Waals surface area contributed by atoms with Crippen molar-refractivity contribution in [3.63, 3.8) is 0 Å². The zero-order valence-electron chi connectivity index (χ0n) is 41.0. The van der Waals surface area contributed by atoms with E-state index >= 15 is 0 Å². The van der Waals surface area contributed by atoms with Crippen LogP contribution < -0.4 is 0 Å². The fourth-order valence-corrected chi connectivity index (χ4v) is 12.9. The van der Waals surface area contributed by atoms with Crippen LogP contribution in [-0.4, -0.2) is 4.57 Å². The molecule has 72 heavy (non-hydrogen) atoms. The van der Waals surface area contributed by atoms with Crippen LogP contribution in [0.5, 0.6) is 0 Å². The van der Waals surface area contributed by atoms with Gasteiger partial charge in [0.25, 0.3) is 0 Å². The van der Waals surface area contributed by atoms with Crippen molar-refractivity contribution < 1.29 is 0 Å². The fraction of sp³-hybridized carbons (Fsp3) is 0.0986. The molecule has 1 spiro atoms. The van der Waals surface area contributed by atoms with E-state index in [0.717, 1.165) is 12.8 Å². The monoisotopic (exact) mass is 919 g/mol. The van der Waals surface area contributed by atoms with E-state index in [4.69, 9.17) is 0 Å². The summed E-state index contributed by atoms with van der Waals surface area (Å²) in [5, 5.41) is 2.54. The van der Waals surface area contributed by atoms with E-state index in [9.17, 15) is 0 Å². The molecular weight excluding hydrogens is 867 g/mol. The Bertz CT molecular complexity index is 4040. The van der Waals surface area contributed by atoms with Crippen LogP contribution in [0.3, 0.4) is 0 Å². The van der Waals surface area contributed by atoms with Crippen molar-refractivity contribution >= 4 is 40.0 Å². The number of hydrogen-bond acceptors (Lipinski definition) is 0. The molecule has 0 saturated heterocycles. The number of allylic oxidation sites excluding steroid dienone is 1. The summed E-state index contributed by atoms with van der Waals surface area (Å²) in [6.45, 7) is 6.79. The number of aryl methyl sites for hydroxylation is 1. The zero-order chi connectivity index (χ0) is 48.1. The maximum atomic E-state index is 2.50. The summed E-state index contributed by atoms with van der Waals surface area (Å²) in [6, 6.07) is 82.4. The molecule has 10 aromatic carbocycles. The van der Waals surface area contributed by atoms with E-state index in [1.807, 2.05) is 0 Å². The number of para-hydroxylation sites is 1. The molecule has 3 aliphatic carbocycles. The lowest BCUT2D eigenvalue weighted by Crippen LogP contribution is -2.23. The van der Waals surface area contributed by atoms with Crippen LogP contribution >= 0.6 is 0 Å². The molecule has 3 aliphatic rings. The minimum atomic E-state index is -0.168. The quantitative estimate of drug-likeness (QED) is 0.140. The van der Waals surface area contributed by atoms with Gasteiger partial charge in [-0.2, -0.15) is 0 Å². The lowest BCUT2D eigenvalue weighted by atomic mass is 9.72. The van der Waals surface area contributed by atoms with Crippen molar-refractivity contribution in [1.29, 1.82) is 0 Å². The minimum Gasteiger partial charge on any atom is -0.309 e. The fourth-order valence-electron chi connectivity index (χ4n) is 12.9. The highest BCUT2D eigenvalue weighted by Gasteiger charge is 2.48. The maximum absolute atomic E-state index is 2.50. The predicted molar refractivity (Wildman–Crippen MR) is 305 cm³/mol. The van der Waals surface area contributed by atoms with Crippen LogP contribution in [0.25, 0.3) is 101 Å². The van der Waals surface area contributed by atoms with Gasteiger partial charge in [0.1, 0.15) is 0 Å². The molecule has 0 fully saturated rings. The number of rotatable bonds is 7. The molecule has 14 rings (SSSR count). The van der Waals surface area contributed by atoms with Crippen molar-refractivity contribution in [2.24, 2.45) is 0 Å². The van der Waals surface area contributed by atoms with Gasteiger partial charge in [-0.1, -0.05) is 214 Å². The molecule has 0 amide bonds. The van der Waals surface area contributed by atoms with Gasteiger partial charge in [-0.15, -0.1) is 0 Å². The summed E-state index contributed by atoms with van der Waals surface area (Å²) >= 11 is 0. The molecule has 1 aromatic heterocycles. The molecule has 342 valence electrons. The minimum absolute atomic E-state index is 0.0573. The third kappa shape index (κ3) is 6.47. The molecule has 1 heterocycles. The van der Waals surface area contributed by atoms with Gasteiger partial charge in [0.2, 0.25) is 0 Å². The molecule has 0 bridgehead atoms. The molecule has 1 nitrogen and oxygen atoms in total. The molecule has 1 heteroatoms. The van der Waals surface area contributed by atoms with Gasteiger partial charge in [0.15, 0.2) is 0 Å². The number of nitrogens with zero attached hydrogens (tertiary/aromatic N) is 1. The Morgan fingerprint density at radius 2 is 0.861 bits per heavy atom. The second-order valence-corrected chi connectivity index (χ2v) is 20.8. The van der Waals surface area contributed by atoms with Gasteiger partial charge < -0.3 is 4.57 Å². The second kappa shape index (κ2) is 16.3. The molecule has 0 radical (unpaired) electrons. The summed E-state index contributed by atoms with van der Waals surface area (Å²) in [4.78, 5) is 0. The molecule has 1 unspecified atom stereocenters. The Hall–Kier alpha value is -8.52. The van der Waals surface area contributed by atoms with Crippen LogP contribution in [0.2, 0.25) is 0 Å². The highest BCUT2D eigenvalue weighted by Crippen LogP contribution is 2.59. The molecule has 0 N–H and O–H groups in total. The third-order valence-corrected chi connectivity index (χ3v) is 16.6. The first kappa shape index (κ1) is 42.4. The van der Waals surface area contributed by atoms with E-state index in [1.165, 1.54) is 133 Å². The van der Waals surface area contributed by atoms with Crippen molar-refractivity contribution in [3.05, 3.63) is 275 Å². The van der Waals surface area contributed by atoms with E-state index < -0.39 is 0 Å². The van der Waals surface area contributed by atoms with Gasteiger partial charge in [0.05, 0.1) is 11.0 Å². The number of hydrogen-bond donors (Lipinski definition) is 0. The maximum Gasteiger partial charge on any atom is 0.0541 e. The van der Waals surface area contributed by atoms with Crippen LogP contribution in [0.15, 0.2) is 224 Å². The van der Waals surface area contributed by atoms with Crippen molar-refractivity contribution in [2.75, 3.05) is 0 Å². The summed E-state index contributed by atoms with van der Waals surface area (Å²) in [6.07, 6.45) is 10.9. The van der Waals surface area contributed by atoms with Gasteiger partial charge in [-0.05, 0) is 168 Å². The normalized spacial score (nSPS) is 15.9. The first-order chi connectivity index (χ1) is 35.4. The molecule has 1 atom stereocenters. The van der Waals surface area contributed by atoms with E-state index in [-0.39, 0.29) is 10.8 Å². The van der Waals surface area contributed by atoms with Crippen molar-refractivity contribution in [3.8, 4) is 61.3 Å². The third-order valence-electron chi connectivity index (χ3n) is 16.6. The Morgan fingerprint density at radius 1 is 0.375 bits per heavy atom. The summed E-state index contributed by atoms with van der Waals surface area (Å²) in [5.41, 5.74) is 28.5. The average molecular weight is 920 g/mol. The highest BCUT2D eigenvalue weighted by atomic mass is 15.0. The lowest BCUT2D eigenvalue weighted by molar-refractivity contribution is 0.626. The van der Waals surface area contributed by atoms with Crippen LogP contribution in [0.4, 0.5) is 0 Å². The second-order valence-electron chi connectivity index (χ2n) is 20.8. The van der Waals surface area contributed by atoms with E-state index in [1.54, 1.807) is 0 Å². The average Bonchev–Trinajstić information content (AvgIpc) is 4.14. The van der Waals surface area contributed by atoms with Gasteiger partial charge in [0, 0.05) is 27.3 Å². The van der Waals surface area contributed by atoms with E-state index in [0.29, 0.717) is 0 Å². The Kier molecular flexibility index (Phi) is 9.57. The standard InChI is InChI=1S/C71H53N/c1-4-11-46-20-26-50(27-21-46)54-32-36-59-60-37-33-55(44-67(60)71(66(59)43-54)41-40-52-12-5-8-15-63(52)71)51-30-24-48(25-31-51)19-18-47-22-28-49(29-23-47)53-34-39-69-62(42-53)61-14-7-10-17-68(61)72(69)56-35-38-58-57-13-6-9-16-64(57)70(2,3)65(58)45-56/h4-39,42-45H,40-41H2,1-3H3. The first-order valence-electron chi connectivity index (χ1n) is 25.6. The summed E-state index contributed by atoms with van der Waals surface area (Å²) in [7, 11) is 0. The first-order valence-corrected chi connectivity index (χ1v) is 25.6. The van der Waals surface area contributed by atoms with Crippen molar-refractivity contribution in [2.45, 2.75) is 44.4 Å².